The number of benzene rings is 2. The number of ether oxygens (including phenoxy) is 2. The largest absolute Gasteiger partial charge is 0.494 e. The van der Waals surface area contributed by atoms with Crippen molar-refractivity contribution in [3.63, 3.8) is 0 Å². The van der Waals surface area contributed by atoms with Gasteiger partial charge < -0.3 is 20.1 Å². The van der Waals surface area contributed by atoms with E-state index >= 15 is 0 Å². The predicted octanol–water partition coefficient (Wildman–Crippen LogP) is 7.30. The number of halogens is 10. The summed E-state index contributed by atoms with van der Waals surface area (Å²) in [5, 5.41) is -0.488. The lowest BCUT2D eigenvalue weighted by molar-refractivity contribution is -0.286. The number of anilines is 2. The zero-order chi connectivity index (χ0) is 26.8. The van der Waals surface area contributed by atoms with Gasteiger partial charge in [0.25, 0.3) is 5.91 Å². The van der Waals surface area contributed by atoms with Gasteiger partial charge in [0.05, 0.1) is 24.0 Å². The Bertz CT molecular complexity index is 1070. The van der Waals surface area contributed by atoms with Gasteiger partial charge in [-0.1, -0.05) is 6.07 Å². The number of carbonyl (C=O) groups excluding carboxylic acids is 1. The Kier molecular flexibility index (Phi) is 8.74. The van der Waals surface area contributed by atoms with Crippen LogP contribution in [0.25, 0.3) is 0 Å². The molecule has 0 bridgehead atoms. The van der Waals surface area contributed by atoms with Crippen molar-refractivity contribution in [3.8, 4) is 11.5 Å². The Hall–Kier alpha value is -2.48. The summed E-state index contributed by atoms with van der Waals surface area (Å²) in [5.74, 6) is -2.21. The lowest BCUT2D eigenvalue weighted by Crippen LogP contribution is -2.49. The molecular formula is C20H16BrClF8N2O3. The second-order valence-electron chi connectivity index (χ2n) is 6.73. The normalized spacial score (nSPS) is 13.9. The van der Waals surface area contributed by atoms with Crippen LogP contribution in [-0.2, 0) is 5.67 Å². The van der Waals surface area contributed by atoms with Gasteiger partial charge in [0.1, 0.15) is 0 Å². The molecule has 0 heterocycles. The first-order valence-electron chi connectivity index (χ1n) is 9.41. The minimum absolute atomic E-state index is 0.0394. The second-order valence-corrected chi connectivity index (χ2v) is 8.06. The molecule has 0 fully saturated rings. The van der Waals surface area contributed by atoms with Gasteiger partial charge in [-0.15, -0.1) is 0 Å². The lowest BCUT2D eigenvalue weighted by atomic mass is 9.94. The molecule has 0 radical (unpaired) electrons. The van der Waals surface area contributed by atoms with E-state index in [2.05, 4.69) is 42.9 Å². The van der Waals surface area contributed by atoms with Crippen molar-refractivity contribution in [2.45, 2.75) is 30.8 Å². The first kappa shape index (κ1) is 28.8. The molecule has 1 unspecified atom stereocenters. The fourth-order valence-corrected chi connectivity index (χ4v) is 3.78. The SMILES string of the molecule is CCNc1cccc(C(=O)Nc2c(Br)cc(C(F)(C(F)(F)F)C(F)(F)Cl)cc2OC(F)F)c1OC. The average molecular weight is 600 g/mol. The molecule has 15 heteroatoms. The van der Waals surface area contributed by atoms with Crippen LogP contribution in [0.5, 0.6) is 11.5 Å². The lowest BCUT2D eigenvalue weighted by Gasteiger charge is -2.32. The van der Waals surface area contributed by atoms with Gasteiger partial charge in [0, 0.05) is 16.6 Å². The van der Waals surface area contributed by atoms with Crippen molar-refractivity contribution >= 4 is 44.8 Å². The average Bonchev–Trinajstić information content (AvgIpc) is 2.73. The molecule has 35 heavy (non-hydrogen) atoms. The van der Waals surface area contributed by atoms with Gasteiger partial charge in [0.2, 0.25) is 0 Å². The molecule has 0 saturated carbocycles. The van der Waals surface area contributed by atoms with E-state index in [0.717, 1.165) is 0 Å². The molecular weight excluding hydrogens is 584 g/mol. The third kappa shape index (κ3) is 5.85. The molecule has 194 valence electrons. The van der Waals surface area contributed by atoms with Crippen molar-refractivity contribution in [2.75, 3.05) is 24.3 Å². The zero-order valence-corrected chi connectivity index (χ0v) is 20.0. The number of carbonyl (C=O) groups is 1. The Morgan fingerprint density at radius 2 is 1.77 bits per heavy atom. The van der Waals surface area contributed by atoms with Crippen molar-refractivity contribution in [3.05, 3.63) is 45.9 Å². The van der Waals surface area contributed by atoms with Crippen LogP contribution < -0.4 is 20.1 Å². The summed E-state index contributed by atoms with van der Waals surface area (Å²) >= 11 is 7.11. The number of hydrogen-bond acceptors (Lipinski definition) is 4. The van der Waals surface area contributed by atoms with E-state index < -0.39 is 51.2 Å². The standard InChI is InChI=1S/C20H16BrClF8N2O3/c1-3-31-12-6-4-5-10(15(12)34-2)16(33)32-14-11(21)7-9(8-13(14)35-17(23)24)18(25,19(22,26)27)20(28,29)30/h4-8,17,31H,3H2,1-2H3,(H,32,33). The first-order valence-corrected chi connectivity index (χ1v) is 10.6. The van der Waals surface area contributed by atoms with Crippen molar-refractivity contribution in [2.24, 2.45) is 0 Å². The summed E-state index contributed by atoms with van der Waals surface area (Å²) in [6.45, 7) is -1.48. The second kappa shape index (κ2) is 10.6. The molecule has 0 aliphatic carbocycles. The van der Waals surface area contributed by atoms with Gasteiger partial charge in [-0.25, -0.2) is 4.39 Å². The van der Waals surface area contributed by atoms with E-state index in [1.165, 1.54) is 19.2 Å². The fraction of sp³-hybridized carbons (Fsp3) is 0.350. The number of para-hydroxylation sites is 1. The molecule has 0 aliphatic heterocycles. The minimum atomic E-state index is -6.26. The molecule has 1 atom stereocenters. The molecule has 2 aromatic rings. The maximum absolute atomic E-state index is 14.7. The fourth-order valence-electron chi connectivity index (χ4n) is 3.02. The van der Waals surface area contributed by atoms with Crippen LogP contribution in [0.1, 0.15) is 22.8 Å². The Labute approximate surface area is 206 Å². The van der Waals surface area contributed by atoms with E-state index in [4.69, 9.17) is 4.74 Å². The van der Waals surface area contributed by atoms with Crippen molar-refractivity contribution < 1.29 is 49.4 Å². The predicted molar refractivity (Wildman–Crippen MR) is 116 cm³/mol. The number of hydrogen-bond donors (Lipinski definition) is 2. The quantitative estimate of drug-likeness (QED) is 0.235. The third-order valence-corrected chi connectivity index (χ3v) is 5.40. The number of methoxy groups -OCH3 is 1. The molecule has 2 N–H and O–H groups in total. The molecule has 0 aliphatic rings. The number of nitrogens with one attached hydrogen (secondary N) is 2. The topological polar surface area (TPSA) is 59.6 Å². The number of amides is 1. The van der Waals surface area contributed by atoms with Gasteiger partial charge in [-0.2, -0.15) is 30.7 Å². The van der Waals surface area contributed by atoms with Crippen molar-refractivity contribution in [1.29, 1.82) is 0 Å². The van der Waals surface area contributed by atoms with Crippen LogP contribution in [0, 0.1) is 0 Å². The van der Waals surface area contributed by atoms with Gasteiger partial charge in [0.15, 0.2) is 11.5 Å². The maximum atomic E-state index is 14.7. The van der Waals surface area contributed by atoms with Gasteiger partial charge in [-0.05, 0) is 58.7 Å². The van der Waals surface area contributed by atoms with Crippen LogP contribution in [0.4, 0.5) is 46.5 Å². The van der Waals surface area contributed by atoms with Crippen LogP contribution >= 0.6 is 27.5 Å². The Morgan fingerprint density at radius 3 is 2.26 bits per heavy atom. The smallest absolute Gasteiger partial charge is 0.434 e. The van der Waals surface area contributed by atoms with Gasteiger partial charge in [-0.3, -0.25) is 4.79 Å². The number of alkyl halides is 9. The van der Waals surface area contributed by atoms with Crippen molar-refractivity contribution in [1.82, 2.24) is 0 Å². The van der Waals surface area contributed by atoms with E-state index in [1.54, 1.807) is 13.0 Å². The monoisotopic (exact) mass is 598 g/mol. The Balaban J connectivity index is 2.65. The van der Waals surface area contributed by atoms with Crippen LogP contribution in [0.2, 0.25) is 0 Å². The summed E-state index contributed by atoms with van der Waals surface area (Å²) in [4.78, 5) is 12.9. The first-order chi connectivity index (χ1) is 16.1. The van der Waals surface area contributed by atoms with E-state index in [1.807, 2.05) is 0 Å². The van der Waals surface area contributed by atoms with Gasteiger partial charge >= 0.3 is 23.8 Å². The minimum Gasteiger partial charge on any atom is -0.494 e. The highest BCUT2D eigenvalue weighted by atomic mass is 79.9. The highest BCUT2D eigenvalue weighted by molar-refractivity contribution is 9.10. The number of rotatable bonds is 9. The highest BCUT2D eigenvalue weighted by Gasteiger charge is 2.72. The molecule has 1 amide bonds. The van der Waals surface area contributed by atoms with E-state index in [-0.39, 0.29) is 23.4 Å². The maximum Gasteiger partial charge on any atom is 0.434 e. The summed E-state index contributed by atoms with van der Waals surface area (Å²) in [5.41, 5.74) is -7.78. The molecule has 0 spiro atoms. The summed E-state index contributed by atoms with van der Waals surface area (Å²) < 4.78 is 116. The zero-order valence-electron chi connectivity index (χ0n) is 17.7. The molecule has 0 aromatic heterocycles. The summed E-state index contributed by atoms with van der Waals surface area (Å²) in [7, 11) is 1.24. The molecule has 0 saturated heterocycles. The summed E-state index contributed by atoms with van der Waals surface area (Å²) in [6.07, 6.45) is -6.26. The van der Waals surface area contributed by atoms with Crippen LogP contribution in [0.15, 0.2) is 34.8 Å². The molecule has 5 nitrogen and oxygen atoms in total. The third-order valence-electron chi connectivity index (χ3n) is 4.52. The van der Waals surface area contributed by atoms with E-state index in [9.17, 15) is 39.9 Å². The van der Waals surface area contributed by atoms with Crippen LogP contribution in [0.3, 0.4) is 0 Å². The Morgan fingerprint density at radius 1 is 1.14 bits per heavy atom. The molecule has 2 rings (SSSR count). The summed E-state index contributed by atoms with van der Waals surface area (Å²) in [6, 6.07) is 4.47. The van der Waals surface area contributed by atoms with E-state index in [0.29, 0.717) is 12.2 Å². The van der Waals surface area contributed by atoms with Crippen LogP contribution in [-0.4, -0.2) is 37.7 Å². The highest BCUT2D eigenvalue weighted by Crippen LogP contribution is 2.56. The molecule has 2 aromatic carbocycles.